The predicted molar refractivity (Wildman–Crippen MR) is 54.0 cm³/mol. The molecule has 7 heteroatoms. The van der Waals surface area contributed by atoms with E-state index in [0.717, 1.165) is 0 Å². The summed E-state index contributed by atoms with van der Waals surface area (Å²) in [4.78, 5) is 0.0739. The van der Waals surface area contributed by atoms with Crippen LogP contribution in [0.3, 0.4) is 0 Å². The highest BCUT2D eigenvalue weighted by molar-refractivity contribution is 7.92. The molecule has 0 amide bonds. The fourth-order valence-electron chi connectivity index (χ4n) is 1.79. The molecule has 6 nitrogen and oxygen atoms in total. The molecule has 1 fully saturated rings. The second-order valence-electron chi connectivity index (χ2n) is 3.60. The molecule has 2 atom stereocenters. The molecule has 84 valence electrons. The molecule has 1 aliphatic heterocycles. The number of H-pyrrole nitrogens is 1. The van der Waals surface area contributed by atoms with Gasteiger partial charge in [-0.25, -0.2) is 8.42 Å². The van der Waals surface area contributed by atoms with Gasteiger partial charge in [-0.1, -0.05) is 0 Å². The van der Waals surface area contributed by atoms with Crippen LogP contribution in [0.4, 0.5) is 5.82 Å². The molecule has 0 radical (unpaired) electrons. The molecule has 0 spiro atoms. The summed E-state index contributed by atoms with van der Waals surface area (Å²) in [6, 6.07) is 0. The molecule has 2 heterocycles. The minimum Gasteiger partial charge on any atom is -0.383 e. The lowest BCUT2D eigenvalue weighted by molar-refractivity contribution is 0.126. The van der Waals surface area contributed by atoms with Crippen molar-refractivity contribution in [2.45, 2.75) is 29.6 Å². The molecular weight excluding hydrogens is 218 g/mol. The van der Waals surface area contributed by atoms with Crippen molar-refractivity contribution in [3.8, 4) is 0 Å². The summed E-state index contributed by atoms with van der Waals surface area (Å²) in [5, 5.41) is 5.52. The van der Waals surface area contributed by atoms with Gasteiger partial charge in [-0.2, -0.15) is 5.10 Å². The fraction of sp³-hybridized carbons (Fsp3) is 0.625. The Kier molecular flexibility index (Phi) is 2.43. The number of rotatable bonds is 2. The first-order chi connectivity index (χ1) is 7.03. The van der Waals surface area contributed by atoms with Gasteiger partial charge >= 0.3 is 0 Å². The van der Waals surface area contributed by atoms with E-state index in [2.05, 4.69) is 10.2 Å². The van der Waals surface area contributed by atoms with Gasteiger partial charge in [-0.15, -0.1) is 0 Å². The number of hydrogen-bond donors (Lipinski definition) is 2. The van der Waals surface area contributed by atoms with E-state index in [1.165, 1.54) is 6.20 Å². The molecule has 0 bridgehead atoms. The Hall–Kier alpha value is -1.08. The van der Waals surface area contributed by atoms with Crippen LogP contribution in [0.5, 0.6) is 0 Å². The van der Waals surface area contributed by atoms with Gasteiger partial charge in [0.2, 0.25) is 0 Å². The minimum absolute atomic E-state index is 0.0739. The Balaban J connectivity index is 2.39. The Morgan fingerprint density at radius 2 is 2.40 bits per heavy atom. The highest BCUT2D eigenvalue weighted by atomic mass is 32.2. The third-order valence-electron chi connectivity index (χ3n) is 2.64. The molecule has 1 saturated heterocycles. The molecule has 15 heavy (non-hydrogen) atoms. The maximum atomic E-state index is 12.1. The van der Waals surface area contributed by atoms with Crippen LogP contribution < -0.4 is 5.73 Å². The van der Waals surface area contributed by atoms with Crippen LogP contribution in [0, 0.1) is 0 Å². The van der Waals surface area contributed by atoms with Gasteiger partial charge in [0.25, 0.3) is 0 Å². The first-order valence-electron chi connectivity index (χ1n) is 4.68. The maximum Gasteiger partial charge on any atom is 0.189 e. The highest BCUT2D eigenvalue weighted by Crippen LogP contribution is 2.28. The van der Waals surface area contributed by atoms with Crippen molar-refractivity contribution in [1.82, 2.24) is 10.2 Å². The van der Waals surface area contributed by atoms with Gasteiger partial charge in [-0.3, -0.25) is 5.10 Å². The summed E-state index contributed by atoms with van der Waals surface area (Å²) in [6.07, 6.45) is 1.47. The number of nitrogens with one attached hydrogen (secondary N) is 1. The molecule has 0 aromatic carbocycles. The number of sulfone groups is 1. The Morgan fingerprint density at radius 3 is 2.87 bits per heavy atom. The second kappa shape index (κ2) is 3.49. The van der Waals surface area contributed by atoms with Crippen LogP contribution in [0.15, 0.2) is 11.1 Å². The topological polar surface area (TPSA) is 98.1 Å². The molecule has 2 rings (SSSR count). The lowest BCUT2D eigenvalue weighted by Crippen LogP contribution is -2.28. The van der Waals surface area contributed by atoms with Crippen molar-refractivity contribution in [3.63, 3.8) is 0 Å². The zero-order valence-corrected chi connectivity index (χ0v) is 9.12. The Morgan fingerprint density at radius 1 is 1.67 bits per heavy atom. The third kappa shape index (κ3) is 1.61. The van der Waals surface area contributed by atoms with E-state index < -0.39 is 15.1 Å². The van der Waals surface area contributed by atoms with Crippen molar-refractivity contribution in [3.05, 3.63) is 6.20 Å². The Bertz CT molecular complexity index is 453. The first kappa shape index (κ1) is 10.4. The van der Waals surface area contributed by atoms with Crippen LogP contribution in [0.25, 0.3) is 0 Å². The SMILES string of the molecule is CC1OCCC1S(=O)(=O)c1cn[nH]c1N. The summed E-state index contributed by atoms with van der Waals surface area (Å²) in [7, 11) is -3.42. The van der Waals surface area contributed by atoms with E-state index in [-0.39, 0.29) is 16.8 Å². The van der Waals surface area contributed by atoms with E-state index in [1.54, 1.807) is 6.92 Å². The van der Waals surface area contributed by atoms with E-state index in [1.807, 2.05) is 0 Å². The average molecular weight is 231 g/mol. The lowest BCUT2D eigenvalue weighted by Gasteiger charge is -2.13. The molecule has 1 aromatic rings. The highest BCUT2D eigenvalue weighted by Gasteiger charge is 2.38. The van der Waals surface area contributed by atoms with Crippen molar-refractivity contribution in [1.29, 1.82) is 0 Å². The molecule has 0 saturated carbocycles. The van der Waals surface area contributed by atoms with E-state index >= 15 is 0 Å². The maximum absolute atomic E-state index is 12.1. The molecule has 2 unspecified atom stereocenters. The van der Waals surface area contributed by atoms with E-state index in [0.29, 0.717) is 13.0 Å². The zero-order valence-electron chi connectivity index (χ0n) is 8.30. The fourth-order valence-corrected chi connectivity index (χ4v) is 3.66. The number of aromatic amines is 1. The summed E-state index contributed by atoms with van der Waals surface area (Å²) in [5.41, 5.74) is 5.50. The quantitative estimate of drug-likeness (QED) is 0.743. The number of nitrogen functional groups attached to an aromatic ring is 1. The minimum atomic E-state index is -3.42. The van der Waals surface area contributed by atoms with Crippen molar-refractivity contribution in [2.24, 2.45) is 0 Å². The largest absolute Gasteiger partial charge is 0.383 e. The molecule has 1 aliphatic rings. The number of hydrogen-bond acceptors (Lipinski definition) is 5. The van der Waals surface area contributed by atoms with Crippen LogP contribution in [0.1, 0.15) is 13.3 Å². The number of ether oxygens (including phenoxy) is 1. The average Bonchev–Trinajstić information content (AvgIpc) is 2.73. The number of aromatic nitrogens is 2. The monoisotopic (exact) mass is 231 g/mol. The standard InChI is InChI=1S/C8H13N3O3S/c1-5-6(2-3-14-5)15(12,13)7-4-10-11-8(7)9/h4-6H,2-3H2,1H3,(H3,9,10,11). The van der Waals surface area contributed by atoms with Crippen LogP contribution in [-0.4, -0.2) is 36.6 Å². The van der Waals surface area contributed by atoms with Crippen LogP contribution in [-0.2, 0) is 14.6 Å². The summed E-state index contributed by atoms with van der Waals surface area (Å²) < 4.78 is 29.5. The third-order valence-corrected chi connectivity index (χ3v) is 5.00. The predicted octanol–water partition coefficient (Wildman–Crippen LogP) is -0.0570. The van der Waals surface area contributed by atoms with Gasteiger partial charge in [-0.05, 0) is 13.3 Å². The van der Waals surface area contributed by atoms with E-state index in [4.69, 9.17) is 10.5 Å². The van der Waals surface area contributed by atoms with Gasteiger partial charge in [0.05, 0.1) is 17.6 Å². The molecular formula is C8H13N3O3S. The molecule has 1 aromatic heterocycles. The number of nitrogens with two attached hydrogens (primary N) is 1. The summed E-state index contributed by atoms with van der Waals surface area (Å²) in [5.74, 6) is 0.0918. The zero-order chi connectivity index (χ0) is 11.1. The normalized spacial score (nSPS) is 27.0. The summed E-state index contributed by atoms with van der Waals surface area (Å²) in [6.45, 7) is 2.23. The molecule has 3 N–H and O–H groups in total. The Labute approximate surface area is 87.7 Å². The van der Waals surface area contributed by atoms with Crippen molar-refractivity contribution in [2.75, 3.05) is 12.3 Å². The van der Waals surface area contributed by atoms with E-state index in [9.17, 15) is 8.42 Å². The van der Waals surface area contributed by atoms with Gasteiger partial charge in [0.15, 0.2) is 9.84 Å². The van der Waals surface area contributed by atoms with Crippen molar-refractivity contribution < 1.29 is 13.2 Å². The van der Waals surface area contributed by atoms with Gasteiger partial charge < -0.3 is 10.5 Å². The van der Waals surface area contributed by atoms with Gasteiger partial charge in [0.1, 0.15) is 10.7 Å². The number of anilines is 1. The lowest BCUT2D eigenvalue weighted by atomic mass is 10.3. The summed E-state index contributed by atoms with van der Waals surface area (Å²) >= 11 is 0. The van der Waals surface area contributed by atoms with Crippen molar-refractivity contribution >= 4 is 15.7 Å². The smallest absolute Gasteiger partial charge is 0.189 e. The second-order valence-corrected chi connectivity index (χ2v) is 5.73. The van der Waals surface area contributed by atoms with Crippen LogP contribution >= 0.6 is 0 Å². The number of nitrogens with zero attached hydrogens (tertiary/aromatic N) is 1. The first-order valence-corrected chi connectivity index (χ1v) is 6.22. The van der Waals surface area contributed by atoms with Crippen LogP contribution in [0.2, 0.25) is 0 Å². The molecule has 0 aliphatic carbocycles. The van der Waals surface area contributed by atoms with Gasteiger partial charge in [0, 0.05) is 6.61 Å².